The van der Waals surface area contributed by atoms with E-state index in [1.807, 2.05) is 0 Å². The van der Waals surface area contributed by atoms with Crippen LogP contribution < -0.4 is 5.73 Å². The molecule has 86 valence electrons. The van der Waals surface area contributed by atoms with Crippen molar-refractivity contribution in [1.29, 1.82) is 0 Å². The van der Waals surface area contributed by atoms with Gasteiger partial charge < -0.3 is 15.6 Å². The molecule has 0 spiro atoms. The summed E-state index contributed by atoms with van der Waals surface area (Å²) in [6, 6.07) is 0. The van der Waals surface area contributed by atoms with Gasteiger partial charge in [-0.15, -0.1) is 0 Å². The van der Waals surface area contributed by atoms with Gasteiger partial charge in [0.15, 0.2) is 0 Å². The number of aliphatic hydroxyl groups is 1. The average molecular weight is 215 g/mol. The monoisotopic (exact) mass is 215 g/mol. The van der Waals surface area contributed by atoms with E-state index in [2.05, 4.69) is 0 Å². The molecule has 0 radical (unpaired) electrons. The van der Waals surface area contributed by atoms with Crippen molar-refractivity contribution in [3.63, 3.8) is 0 Å². The Balaban J connectivity index is 3.39. The number of nitrogens with two attached hydrogens (primary N) is 1. The Morgan fingerprint density at radius 3 is 2.36 bits per heavy atom. The Labute approximate surface area is 81.0 Å². The molecule has 0 aliphatic rings. The summed E-state index contributed by atoms with van der Waals surface area (Å²) in [7, 11) is 0. The zero-order chi connectivity index (χ0) is 11.2. The van der Waals surface area contributed by atoms with Gasteiger partial charge in [0.1, 0.15) is 0 Å². The lowest BCUT2D eigenvalue weighted by atomic mass is 10.1. The molecule has 1 atom stereocenters. The zero-order valence-corrected chi connectivity index (χ0v) is 8.10. The van der Waals surface area contributed by atoms with Crippen LogP contribution in [0.5, 0.6) is 0 Å². The van der Waals surface area contributed by atoms with Crippen LogP contribution >= 0.6 is 0 Å². The van der Waals surface area contributed by atoms with Gasteiger partial charge in [-0.3, -0.25) is 0 Å². The van der Waals surface area contributed by atoms with Crippen LogP contribution in [-0.2, 0) is 4.74 Å². The van der Waals surface area contributed by atoms with Crippen molar-refractivity contribution in [2.24, 2.45) is 5.73 Å². The second-order valence-electron chi connectivity index (χ2n) is 3.47. The molecule has 0 saturated carbocycles. The molecule has 14 heavy (non-hydrogen) atoms. The fraction of sp³-hybridized carbons (Fsp3) is 1.00. The summed E-state index contributed by atoms with van der Waals surface area (Å²) in [5, 5.41) is 9.31. The van der Waals surface area contributed by atoms with Crippen molar-refractivity contribution < 1.29 is 23.0 Å². The molecule has 3 N–H and O–H groups in total. The molecule has 0 bridgehead atoms. The van der Waals surface area contributed by atoms with E-state index in [0.717, 1.165) is 0 Å². The van der Waals surface area contributed by atoms with Gasteiger partial charge in [0, 0.05) is 19.6 Å². The Kier molecular flexibility index (Phi) is 5.40. The largest absolute Gasteiger partial charge is 0.389 e. The van der Waals surface area contributed by atoms with E-state index < -0.39 is 18.2 Å². The number of halogens is 3. The summed E-state index contributed by atoms with van der Waals surface area (Å²) >= 11 is 0. The predicted octanol–water partition coefficient (Wildman–Crippen LogP) is 1.06. The van der Waals surface area contributed by atoms with Crippen molar-refractivity contribution in [1.82, 2.24) is 0 Å². The third-order valence-corrected chi connectivity index (χ3v) is 1.60. The lowest BCUT2D eigenvalue weighted by Crippen LogP contribution is -2.39. The van der Waals surface area contributed by atoms with Gasteiger partial charge >= 0.3 is 6.18 Å². The lowest BCUT2D eigenvalue weighted by molar-refractivity contribution is -0.139. The molecule has 0 aromatic heterocycles. The average Bonchev–Trinajstić information content (AvgIpc) is 2.01. The molecule has 0 aliphatic heterocycles. The minimum absolute atomic E-state index is 0.0182. The van der Waals surface area contributed by atoms with Crippen LogP contribution in [0.3, 0.4) is 0 Å². The van der Waals surface area contributed by atoms with E-state index in [1.54, 1.807) is 0 Å². The van der Waals surface area contributed by atoms with Gasteiger partial charge in [-0.2, -0.15) is 13.2 Å². The van der Waals surface area contributed by atoms with Gasteiger partial charge in [0.25, 0.3) is 0 Å². The number of hydrogen-bond donors (Lipinski definition) is 2. The summed E-state index contributed by atoms with van der Waals surface area (Å²) in [5.41, 5.74) is 4.03. The summed E-state index contributed by atoms with van der Waals surface area (Å²) in [4.78, 5) is 0. The fourth-order valence-electron chi connectivity index (χ4n) is 0.726. The van der Waals surface area contributed by atoms with Crippen molar-refractivity contribution >= 4 is 0 Å². The van der Waals surface area contributed by atoms with Crippen LogP contribution in [0.1, 0.15) is 19.8 Å². The van der Waals surface area contributed by atoms with Crippen LogP contribution in [0, 0.1) is 0 Å². The second kappa shape index (κ2) is 5.53. The molecule has 0 heterocycles. The van der Waals surface area contributed by atoms with Crippen molar-refractivity contribution in [2.75, 3.05) is 19.8 Å². The SMILES string of the molecule is CC(O)(CN)COCCCC(F)(F)F. The molecule has 0 aromatic carbocycles. The van der Waals surface area contributed by atoms with E-state index in [1.165, 1.54) is 6.92 Å². The normalized spacial score (nSPS) is 16.7. The highest BCUT2D eigenvalue weighted by atomic mass is 19.4. The molecule has 0 fully saturated rings. The molecule has 0 aliphatic carbocycles. The first-order valence-electron chi connectivity index (χ1n) is 4.34. The maximum Gasteiger partial charge on any atom is 0.389 e. The number of rotatable bonds is 6. The maximum atomic E-state index is 11.7. The van der Waals surface area contributed by atoms with Crippen LogP contribution in [0.4, 0.5) is 13.2 Å². The van der Waals surface area contributed by atoms with Crippen LogP contribution in [0.15, 0.2) is 0 Å². The van der Waals surface area contributed by atoms with Crippen LogP contribution in [0.2, 0.25) is 0 Å². The smallest absolute Gasteiger partial charge is 0.386 e. The van der Waals surface area contributed by atoms with Gasteiger partial charge in [-0.25, -0.2) is 0 Å². The molecule has 6 heteroatoms. The van der Waals surface area contributed by atoms with Gasteiger partial charge in [-0.05, 0) is 13.3 Å². The van der Waals surface area contributed by atoms with E-state index in [0.29, 0.717) is 0 Å². The Morgan fingerprint density at radius 2 is 1.93 bits per heavy atom. The molecule has 0 aromatic rings. The first kappa shape index (κ1) is 13.7. The molecule has 0 amide bonds. The standard InChI is InChI=1S/C8H16F3NO2/c1-7(13,5-12)6-14-4-2-3-8(9,10)11/h13H,2-6,12H2,1H3. The molecule has 3 nitrogen and oxygen atoms in total. The summed E-state index contributed by atoms with van der Waals surface area (Å²) in [5.74, 6) is 0. The summed E-state index contributed by atoms with van der Waals surface area (Å²) in [6.45, 7) is 1.43. The van der Waals surface area contributed by atoms with E-state index >= 15 is 0 Å². The molecule has 0 rings (SSSR count). The van der Waals surface area contributed by atoms with E-state index in [9.17, 15) is 18.3 Å². The highest BCUT2D eigenvalue weighted by Crippen LogP contribution is 2.21. The van der Waals surface area contributed by atoms with Gasteiger partial charge in [0.2, 0.25) is 0 Å². The highest BCUT2D eigenvalue weighted by Gasteiger charge is 2.26. The zero-order valence-electron chi connectivity index (χ0n) is 8.10. The van der Waals surface area contributed by atoms with Crippen molar-refractivity contribution in [3.8, 4) is 0 Å². The van der Waals surface area contributed by atoms with E-state index in [-0.39, 0.29) is 26.2 Å². The number of ether oxygens (including phenoxy) is 1. The topological polar surface area (TPSA) is 55.5 Å². The number of hydrogen-bond acceptors (Lipinski definition) is 3. The molecule has 1 unspecified atom stereocenters. The Bertz CT molecular complexity index is 159. The van der Waals surface area contributed by atoms with Gasteiger partial charge in [0.05, 0.1) is 12.2 Å². The van der Waals surface area contributed by atoms with Crippen LogP contribution in [0.25, 0.3) is 0 Å². The Morgan fingerprint density at radius 1 is 1.36 bits per heavy atom. The lowest BCUT2D eigenvalue weighted by Gasteiger charge is -2.20. The third kappa shape index (κ3) is 8.28. The molecule has 0 saturated heterocycles. The van der Waals surface area contributed by atoms with Crippen LogP contribution in [-0.4, -0.2) is 36.6 Å². The second-order valence-corrected chi connectivity index (χ2v) is 3.47. The van der Waals surface area contributed by atoms with Crippen molar-refractivity contribution in [3.05, 3.63) is 0 Å². The minimum atomic E-state index is -4.14. The maximum absolute atomic E-state index is 11.7. The predicted molar refractivity (Wildman–Crippen MR) is 45.8 cm³/mol. The Hall–Kier alpha value is -0.330. The minimum Gasteiger partial charge on any atom is -0.386 e. The van der Waals surface area contributed by atoms with Gasteiger partial charge in [-0.1, -0.05) is 0 Å². The first-order chi connectivity index (χ1) is 6.27. The van der Waals surface area contributed by atoms with Crippen molar-refractivity contribution in [2.45, 2.75) is 31.5 Å². The first-order valence-corrected chi connectivity index (χ1v) is 4.34. The van der Waals surface area contributed by atoms with E-state index in [4.69, 9.17) is 10.5 Å². The quantitative estimate of drug-likeness (QED) is 0.651. The number of alkyl halides is 3. The fourth-order valence-corrected chi connectivity index (χ4v) is 0.726. The molecular formula is C8H16F3NO2. The third-order valence-electron chi connectivity index (χ3n) is 1.60. The summed E-state index contributed by atoms with van der Waals surface area (Å²) < 4.78 is 39.8. The summed E-state index contributed by atoms with van der Waals surface area (Å²) in [6.07, 6.45) is -5.10. The highest BCUT2D eigenvalue weighted by molar-refractivity contribution is 4.71. The molecular weight excluding hydrogens is 199 g/mol.